The number of carbonyl (C=O) groups is 1. The molecule has 0 heterocycles. The van der Waals surface area contributed by atoms with Gasteiger partial charge in [-0.1, -0.05) is 29.8 Å². The summed E-state index contributed by atoms with van der Waals surface area (Å²) in [6.45, 7) is 1.60. The van der Waals surface area contributed by atoms with Crippen LogP contribution in [0, 0.1) is 0 Å². The molecule has 0 bridgehead atoms. The van der Waals surface area contributed by atoms with E-state index in [1.54, 1.807) is 14.0 Å². The van der Waals surface area contributed by atoms with E-state index in [4.69, 9.17) is 16.3 Å². The largest absolute Gasteiger partial charge is 0.430 e. The van der Waals surface area contributed by atoms with Crippen LogP contribution in [0.4, 0.5) is 10.5 Å². The van der Waals surface area contributed by atoms with Crippen molar-refractivity contribution in [2.75, 3.05) is 11.9 Å². The molecule has 76 valence electrons. The van der Waals surface area contributed by atoms with Gasteiger partial charge >= 0.3 is 6.09 Å². The molecular formula is C10H12ClNO2. The predicted molar refractivity (Wildman–Crippen MR) is 56.6 cm³/mol. The van der Waals surface area contributed by atoms with Crippen molar-refractivity contribution in [3.05, 3.63) is 30.3 Å². The van der Waals surface area contributed by atoms with Gasteiger partial charge < -0.3 is 4.74 Å². The van der Waals surface area contributed by atoms with Crippen LogP contribution in [0.2, 0.25) is 0 Å². The average Bonchev–Trinajstić information content (AvgIpc) is 2.17. The highest BCUT2D eigenvalue weighted by molar-refractivity contribution is 6.20. The van der Waals surface area contributed by atoms with Crippen LogP contribution in [0.15, 0.2) is 30.3 Å². The topological polar surface area (TPSA) is 29.5 Å². The lowest BCUT2D eigenvalue weighted by Crippen LogP contribution is -2.28. The lowest BCUT2D eigenvalue weighted by atomic mass is 10.3. The minimum atomic E-state index is -0.617. The van der Waals surface area contributed by atoms with Crippen molar-refractivity contribution in [1.29, 1.82) is 0 Å². The smallest absolute Gasteiger partial charge is 0.415 e. The molecule has 1 aromatic rings. The van der Waals surface area contributed by atoms with E-state index in [1.807, 2.05) is 30.3 Å². The number of para-hydroxylation sites is 1. The van der Waals surface area contributed by atoms with Crippen molar-refractivity contribution in [2.24, 2.45) is 0 Å². The van der Waals surface area contributed by atoms with Crippen LogP contribution in [0.1, 0.15) is 6.92 Å². The van der Waals surface area contributed by atoms with E-state index >= 15 is 0 Å². The third kappa shape index (κ3) is 2.92. The minimum Gasteiger partial charge on any atom is -0.430 e. The van der Waals surface area contributed by atoms with E-state index in [9.17, 15) is 4.79 Å². The van der Waals surface area contributed by atoms with E-state index in [1.165, 1.54) is 4.90 Å². The average molecular weight is 214 g/mol. The fraction of sp³-hybridized carbons (Fsp3) is 0.300. The summed E-state index contributed by atoms with van der Waals surface area (Å²) < 4.78 is 4.82. The Balaban J connectivity index is 2.66. The minimum absolute atomic E-state index is 0.460. The second kappa shape index (κ2) is 4.86. The molecule has 0 fully saturated rings. The van der Waals surface area contributed by atoms with Crippen LogP contribution < -0.4 is 4.90 Å². The van der Waals surface area contributed by atoms with Gasteiger partial charge in [-0.25, -0.2) is 4.79 Å². The zero-order valence-electron chi connectivity index (χ0n) is 8.11. The highest BCUT2D eigenvalue weighted by Crippen LogP contribution is 2.13. The summed E-state index contributed by atoms with van der Waals surface area (Å²) in [6, 6.07) is 9.22. The number of alkyl halides is 1. The Kier molecular flexibility index (Phi) is 3.77. The van der Waals surface area contributed by atoms with Crippen molar-refractivity contribution in [3.63, 3.8) is 0 Å². The van der Waals surface area contributed by atoms with Gasteiger partial charge in [-0.15, -0.1) is 0 Å². The molecule has 0 radical (unpaired) electrons. The molecule has 0 N–H and O–H groups in total. The molecule has 1 unspecified atom stereocenters. The number of hydrogen-bond donors (Lipinski definition) is 0. The van der Waals surface area contributed by atoms with E-state index in [0.29, 0.717) is 0 Å². The molecule has 0 spiro atoms. The Morgan fingerprint density at radius 3 is 2.50 bits per heavy atom. The molecule has 1 aromatic carbocycles. The Morgan fingerprint density at radius 1 is 1.43 bits per heavy atom. The zero-order chi connectivity index (χ0) is 10.6. The number of nitrogens with zero attached hydrogens (tertiary/aromatic N) is 1. The lowest BCUT2D eigenvalue weighted by Gasteiger charge is -2.17. The van der Waals surface area contributed by atoms with Crippen molar-refractivity contribution in [1.82, 2.24) is 0 Å². The maximum atomic E-state index is 11.4. The van der Waals surface area contributed by atoms with E-state index < -0.39 is 11.7 Å². The summed E-state index contributed by atoms with van der Waals surface area (Å²) in [5.41, 5.74) is 0.156. The van der Waals surface area contributed by atoms with Gasteiger partial charge in [0.1, 0.15) is 0 Å². The molecule has 3 nitrogen and oxygen atoms in total. The van der Waals surface area contributed by atoms with E-state index in [0.717, 1.165) is 5.69 Å². The van der Waals surface area contributed by atoms with Crippen molar-refractivity contribution in [2.45, 2.75) is 12.5 Å². The van der Waals surface area contributed by atoms with Gasteiger partial charge in [0, 0.05) is 12.7 Å². The number of rotatable bonds is 2. The molecule has 0 aliphatic heterocycles. The first-order valence-corrected chi connectivity index (χ1v) is 4.68. The standard InChI is InChI=1S/C10H12ClNO2/c1-8(11)14-10(13)12(2)9-6-4-3-5-7-9/h3-8H,1-2H3. The van der Waals surface area contributed by atoms with Crippen LogP contribution in [0.5, 0.6) is 0 Å². The monoisotopic (exact) mass is 213 g/mol. The predicted octanol–water partition coefficient (Wildman–Crippen LogP) is 2.84. The molecule has 0 aliphatic carbocycles. The quantitative estimate of drug-likeness (QED) is 0.707. The normalized spacial score (nSPS) is 11.9. The molecule has 1 rings (SSSR count). The summed E-state index contributed by atoms with van der Waals surface area (Å²) >= 11 is 5.53. The fourth-order valence-corrected chi connectivity index (χ4v) is 1.05. The summed E-state index contributed by atoms with van der Waals surface area (Å²) in [7, 11) is 1.64. The fourth-order valence-electron chi connectivity index (χ4n) is 0.975. The molecule has 1 amide bonds. The third-order valence-electron chi connectivity index (χ3n) is 1.68. The van der Waals surface area contributed by atoms with Crippen LogP contribution in [-0.2, 0) is 4.74 Å². The van der Waals surface area contributed by atoms with Gasteiger partial charge in [0.05, 0.1) is 0 Å². The molecular weight excluding hydrogens is 202 g/mol. The molecule has 1 atom stereocenters. The number of carbonyl (C=O) groups excluding carboxylic acids is 1. The zero-order valence-corrected chi connectivity index (χ0v) is 8.86. The molecule has 0 saturated carbocycles. The summed E-state index contributed by atoms with van der Waals surface area (Å²) in [5, 5.41) is 0. The molecule has 0 aliphatic rings. The first kappa shape index (κ1) is 10.9. The number of hydrogen-bond acceptors (Lipinski definition) is 2. The number of amides is 1. The summed E-state index contributed by atoms with van der Waals surface area (Å²) in [6.07, 6.45) is -0.460. The van der Waals surface area contributed by atoms with E-state index in [-0.39, 0.29) is 0 Å². The maximum absolute atomic E-state index is 11.4. The Bertz CT molecular complexity index is 300. The second-order valence-electron chi connectivity index (χ2n) is 2.82. The van der Waals surface area contributed by atoms with Gasteiger partial charge in [0.15, 0.2) is 5.56 Å². The molecule has 4 heteroatoms. The summed E-state index contributed by atoms with van der Waals surface area (Å²) in [4.78, 5) is 12.8. The van der Waals surface area contributed by atoms with Gasteiger partial charge in [0.2, 0.25) is 0 Å². The summed E-state index contributed by atoms with van der Waals surface area (Å²) in [5.74, 6) is 0. The van der Waals surface area contributed by atoms with Gasteiger partial charge in [-0.2, -0.15) is 0 Å². The van der Waals surface area contributed by atoms with Gasteiger partial charge in [0.25, 0.3) is 0 Å². The Morgan fingerprint density at radius 2 is 2.00 bits per heavy atom. The Hall–Kier alpha value is -1.22. The molecule has 0 saturated heterocycles. The van der Waals surface area contributed by atoms with Crippen molar-refractivity contribution < 1.29 is 9.53 Å². The third-order valence-corrected chi connectivity index (χ3v) is 1.77. The number of benzene rings is 1. The molecule has 0 aromatic heterocycles. The van der Waals surface area contributed by atoms with Crippen LogP contribution in [0.3, 0.4) is 0 Å². The van der Waals surface area contributed by atoms with Gasteiger partial charge in [-0.05, 0) is 19.1 Å². The second-order valence-corrected chi connectivity index (χ2v) is 3.44. The highest BCUT2D eigenvalue weighted by Gasteiger charge is 2.13. The van der Waals surface area contributed by atoms with Crippen LogP contribution >= 0.6 is 11.6 Å². The lowest BCUT2D eigenvalue weighted by molar-refractivity contribution is 0.147. The number of halogens is 1. The highest BCUT2D eigenvalue weighted by atomic mass is 35.5. The SMILES string of the molecule is CC(Cl)OC(=O)N(C)c1ccccc1. The number of ether oxygens (including phenoxy) is 1. The number of anilines is 1. The molecule has 14 heavy (non-hydrogen) atoms. The maximum Gasteiger partial charge on any atom is 0.415 e. The van der Waals surface area contributed by atoms with Crippen LogP contribution in [-0.4, -0.2) is 18.7 Å². The van der Waals surface area contributed by atoms with Crippen LogP contribution in [0.25, 0.3) is 0 Å². The van der Waals surface area contributed by atoms with Crippen molar-refractivity contribution in [3.8, 4) is 0 Å². The first-order chi connectivity index (χ1) is 6.61. The Labute approximate surface area is 88.2 Å². The first-order valence-electron chi connectivity index (χ1n) is 4.24. The van der Waals surface area contributed by atoms with Crippen molar-refractivity contribution >= 4 is 23.4 Å². The van der Waals surface area contributed by atoms with Gasteiger partial charge in [-0.3, -0.25) is 4.90 Å². The van der Waals surface area contributed by atoms with E-state index in [2.05, 4.69) is 0 Å².